The zero-order chi connectivity index (χ0) is 10.8. The van der Waals surface area contributed by atoms with E-state index in [-0.39, 0.29) is 6.04 Å². The molecular weight excluding hydrogens is 184 g/mol. The third-order valence-corrected chi connectivity index (χ3v) is 3.36. The van der Waals surface area contributed by atoms with Crippen LogP contribution in [0.15, 0.2) is 12.1 Å². The molecule has 0 heterocycles. The second-order valence-electron chi connectivity index (χ2n) is 4.45. The highest BCUT2D eigenvalue weighted by Crippen LogP contribution is 2.33. The zero-order valence-corrected chi connectivity index (χ0v) is 9.42. The fourth-order valence-corrected chi connectivity index (χ4v) is 2.58. The molecule has 0 fully saturated rings. The molecule has 0 spiro atoms. The standard InChI is InChI=1S/C13H20N2/c1-2-4-12(14)11-7-8-13(15)10-6-3-5-9(10)11/h7-8,12H,2-6,14-15H2,1H3/t12-/m1/s1. The SMILES string of the molecule is CCC[C@@H](N)c1ccc(N)c2c1CCC2. The van der Waals surface area contributed by atoms with Gasteiger partial charge in [-0.1, -0.05) is 19.4 Å². The minimum atomic E-state index is 0.197. The van der Waals surface area contributed by atoms with Crippen molar-refractivity contribution in [2.75, 3.05) is 5.73 Å². The lowest BCUT2D eigenvalue weighted by Gasteiger charge is -2.16. The molecule has 0 saturated carbocycles. The Bertz CT molecular complexity index is 358. The minimum absolute atomic E-state index is 0.197. The molecule has 2 nitrogen and oxygen atoms in total. The summed E-state index contributed by atoms with van der Waals surface area (Å²) in [6, 6.07) is 4.34. The smallest absolute Gasteiger partial charge is 0.0349 e. The van der Waals surface area contributed by atoms with E-state index in [4.69, 9.17) is 11.5 Å². The van der Waals surface area contributed by atoms with Gasteiger partial charge >= 0.3 is 0 Å². The van der Waals surface area contributed by atoms with Crippen molar-refractivity contribution in [2.24, 2.45) is 5.73 Å². The summed E-state index contributed by atoms with van der Waals surface area (Å²) in [4.78, 5) is 0. The van der Waals surface area contributed by atoms with Gasteiger partial charge in [0.15, 0.2) is 0 Å². The molecule has 0 aromatic heterocycles. The van der Waals surface area contributed by atoms with Crippen molar-refractivity contribution < 1.29 is 0 Å². The summed E-state index contributed by atoms with van der Waals surface area (Å²) < 4.78 is 0. The van der Waals surface area contributed by atoms with Gasteiger partial charge in [-0.25, -0.2) is 0 Å². The second kappa shape index (κ2) is 4.23. The van der Waals surface area contributed by atoms with Crippen LogP contribution in [0.3, 0.4) is 0 Å². The molecule has 1 aliphatic carbocycles. The molecule has 0 radical (unpaired) electrons. The van der Waals surface area contributed by atoms with Crippen LogP contribution in [0.2, 0.25) is 0 Å². The predicted molar refractivity (Wildman–Crippen MR) is 64.7 cm³/mol. The molecule has 1 aromatic rings. The first kappa shape index (κ1) is 10.5. The van der Waals surface area contributed by atoms with E-state index in [2.05, 4.69) is 13.0 Å². The number of fused-ring (bicyclic) bond motifs is 1. The van der Waals surface area contributed by atoms with E-state index in [1.54, 1.807) is 0 Å². The molecule has 1 aromatic carbocycles. The molecule has 2 heteroatoms. The van der Waals surface area contributed by atoms with E-state index in [0.29, 0.717) is 0 Å². The highest BCUT2D eigenvalue weighted by molar-refractivity contribution is 5.56. The first-order valence-corrected chi connectivity index (χ1v) is 5.89. The summed E-state index contributed by atoms with van der Waals surface area (Å²) >= 11 is 0. The minimum Gasteiger partial charge on any atom is -0.398 e. The third kappa shape index (κ3) is 1.86. The van der Waals surface area contributed by atoms with E-state index in [1.807, 2.05) is 6.07 Å². The number of nitrogen functional groups attached to an aromatic ring is 1. The normalized spacial score (nSPS) is 16.4. The van der Waals surface area contributed by atoms with Crippen molar-refractivity contribution in [2.45, 2.75) is 45.1 Å². The molecule has 0 unspecified atom stereocenters. The zero-order valence-electron chi connectivity index (χ0n) is 9.42. The van der Waals surface area contributed by atoms with Gasteiger partial charge in [-0.3, -0.25) is 0 Å². The highest BCUT2D eigenvalue weighted by atomic mass is 14.6. The maximum Gasteiger partial charge on any atom is 0.0349 e. The molecule has 15 heavy (non-hydrogen) atoms. The molecule has 1 atom stereocenters. The fraction of sp³-hybridized carbons (Fsp3) is 0.538. The Morgan fingerprint density at radius 1 is 1.27 bits per heavy atom. The van der Waals surface area contributed by atoms with Gasteiger partial charge in [0.25, 0.3) is 0 Å². The van der Waals surface area contributed by atoms with Crippen molar-refractivity contribution >= 4 is 5.69 Å². The molecule has 0 aliphatic heterocycles. The molecule has 0 amide bonds. The Morgan fingerprint density at radius 2 is 2.00 bits per heavy atom. The van der Waals surface area contributed by atoms with Crippen LogP contribution >= 0.6 is 0 Å². The first-order valence-electron chi connectivity index (χ1n) is 5.89. The second-order valence-corrected chi connectivity index (χ2v) is 4.45. The van der Waals surface area contributed by atoms with Crippen LogP contribution in [0.4, 0.5) is 5.69 Å². The van der Waals surface area contributed by atoms with Gasteiger partial charge < -0.3 is 11.5 Å². The molecule has 2 rings (SSSR count). The van der Waals surface area contributed by atoms with E-state index in [1.165, 1.54) is 23.1 Å². The molecule has 82 valence electrons. The molecule has 1 aliphatic rings. The van der Waals surface area contributed by atoms with Gasteiger partial charge in [0.2, 0.25) is 0 Å². The van der Waals surface area contributed by atoms with Crippen molar-refractivity contribution in [3.63, 3.8) is 0 Å². The van der Waals surface area contributed by atoms with Crippen molar-refractivity contribution in [1.82, 2.24) is 0 Å². The largest absolute Gasteiger partial charge is 0.398 e. The van der Waals surface area contributed by atoms with Crippen LogP contribution in [0, 0.1) is 0 Å². The number of rotatable bonds is 3. The average molecular weight is 204 g/mol. The third-order valence-electron chi connectivity index (χ3n) is 3.36. The van der Waals surface area contributed by atoms with Crippen molar-refractivity contribution in [1.29, 1.82) is 0 Å². The Kier molecular flexibility index (Phi) is 2.96. The fourth-order valence-electron chi connectivity index (χ4n) is 2.58. The van der Waals surface area contributed by atoms with E-state index >= 15 is 0 Å². The summed E-state index contributed by atoms with van der Waals surface area (Å²) in [5.41, 5.74) is 17.2. The van der Waals surface area contributed by atoms with Gasteiger partial charge in [-0.2, -0.15) is 0 Å². The Balaban J connectivity index is 2.37. The van der Waals surface area contributed by atoms with Crippen LogP contribution in [0.5, 0.6) is 0 Å². The molecular formula is C13H20N2. The number of benzene rings is 1. The van der Waals surface area contributed by atoms with Crippen molar-refractivity contribution in [3.8, 4) is 0 Å². The quantitative estimate of drug-likeness (QED) is 0.743. The molecule has 0 bridgehead atoms. The van der Waals surface area contributed by atoms with Gasteiger partial charge in [-0.15, -0.1) is 0 Å². The maximum atomic E-state index is 6.19. The molecule has 0 saturated heterocycles. The number of hydrogen-bond donors (Lipinski definition) is 2. The van der Waals surface area contributed by atoms with Gasteiger partial charge in [0, 0.05) is 11.7 Å². The lowest BCUT2D eigenvalue weighted by molar-refractivity contribution is 0.633. The summed E-state index contributed by atoms with van der Waals surface area (Å²) in [5, 5.41) is 0. The van der Waals surface area contributed by atoms with Crippen LogP contribution < -0.4 is 11.5 Å². The Morgan fingerprint density at radius 3 is 2.73 bits per heavy atom. The summed E-state index contributed by atoms with van der Waals surface area (Å²) in [5.74, 6) is 0. The lowest BCUT2D eigenvalue weighted by Crippen LogP contribution is -2.12. The highest BCUT2D eigenvalue weighted by Gasteiger charge is 2.19. The summed E-state index contributed by atoms with van der Waals surface area (Å²) in [6.45, 7) is 2.18. The van der Waals surface area contributed by atoms with Gasteiger partial charge in [0.1, 0.15) is 0 Å². The van der Waals surface area contributed by atoms with E-state index in [0.717, 1.165) is 31.4 Å². The van der Waals surface area contributed by atoms with Crippen LogP contribution in [-0.2, 0) is 12.8 Å². The number of anilines is 1. The number of hydrogen-bond acceptors (Lipinski definition) is 2. The lowest BCUT2D eigenvalue weighted by atomic mass is 9.94. The molecule has 4 N–H and O–H groups in total. The monoisotopic (exact) mass is 204 g/mol. The van der Waals surface area contributed by atoms with E-state index in [9.17, 15) is 0 Å². The maximum absolute atomic E-state index is 6.19. The van der Waals surface area contributed by atoms with Crippen LogP contribution in [0.1, 0.15) is 48.9 Å². The van der Waals surface area contributed by atoms with Gasteiger partial charge in [0.05, 0.1) is 0 Å². The summed E-state index contributed by atoms with van der Waals surface area (Å²) in [6.07, 6.45) is 5.73. The topological polar surface area (TPSA) is 52.0 Å². The van der Waals surface area contributed by atoms with E-state index < -0.39 is 0 Å². The Hall–Kier alpha value is -1.02. The predicted octanol–water partition coefficient (Wildman–Crippen LogP) is 2.56. The number of nitrogens with two attached hydrogens (primary N) is 2. The van der Waals surface area contributed by atoms with Crippen LogP contribution in [0.25, 0.3) is 0 Å². The average Bonchev–Trinajstić information content (AvgIpc) is 2.68. The van der Waals surface area contributed by atoms with Gasteiger partial charge in [-0.05, 0) is 48.4 Å². The summed E-state index contributed by atoms with van der Waals surface area (Å²) in [7, 11) is 0. The Labute approximate surface area is 91.7 Å². The first-order chi connectivity index (χ1) is 7.24. The van der Waals surface area contributed by atoms with Crippen LogP contribution in [-0.4, -0.2) is 0 Å². The van der Waals surface area contributed by atoms with Crippen molar-refractivity contribution in [3.05, 3.63) is 28.8 Å².